The van der Waals surface area contributed by atoms with Crippen LogP contribution >= 0.6 is 31.9 Å². The van der Waals surface area contributed by atoms with Crippen LogP contribution in [0.4, 0.5) is 27.1 Å². The Hall–Kier alpha value is -7.39. The van der Waals surface area contributed by atoms with E-state index in [2.05, 4.69) is 75.6 Å². The quantitative estimate of drug-likeness (QED) is 0.0618. The first kappa shape index (κ1) is 58.8. The molecule has 416 valence electrons. The molecule has 80 heavy (non-hydrogen) atoms. The molecule has 4 aliphatic rings. The average Bonchev–Trinajstić information content (AvgIpc) is 4.28. The summed E-state index contributed by atoms with van der Waals surface area (Å²) >= 11 is 7.41. The van der Waals surface area contributed by atoms with E-state index in [9.17, 15) is 33.8 Å². The average molecular weight is 1210 g/mol. The van der Waals surface area contributed by atoms with Crippen LogP contribution in [0.3, 0.4) is 0 Å². The van der Waals surface area contributed by atoms with Crippen molar-refractivity contribution >= 4 is 101 Å². The van der Waals surface area contributed by atoms with Crippen LogP contribution in [-0.4, -0.2) is 160 Å². The lowest BCUT2D eigenvalue weighted by molar-refractivity contribution is 0.0686. The number of carbonyl (C=O) groups is 4. The third-order valence-corrected chi connectivity index (χ3v) is 14.6. The molecule has 10 rings (SSSR count). The van der Waals surface area contributed by atoms with E-state index in [0.717, 1.165) is 125 Å². The number of hydrogen-bond acceptors (Lipinski definition) is 12. The van der Waals surface area contributed by atoms with Gasteiger partial charge in [0.2, 0.25) is 0 Å². The molecule has 0 fully saturated rings. The second kappa shape index (κ2) is 27.7. The van der Waals surface area contributed by atoms with Crippen LogP contribution in [0, 0.1) is 0 Å². The molecule has 0 radical (unpaired) electrons. The summed E-state index contributed by atoms with van der Waals surface area (Å²) in [6.07, 6.45) is 2.48. The number of carbonyl (C=O) groups excluding carboxylic acids is 2. The van der Waals surface area contributed by atoms with Gasteiger partial charge in [0.15, 0.2) is 0 Å². The summed E-state index contributed by atoms with van der Waals surface area (Å²) in [5, 5.41) is 24.3. The topological polar surface area (TPSA) is 218 Å². The summed E-state index contributed by atoms with van der Waals surface area (Å²) in [6, 6.07) is 33.6. The molecule has 6 aromatic carbocycles. The van der Waals surface area contributed by atoms with Gasteiger partial charge in [-0.3, -0.25) is 33.9 Å². The highest BCUT2D eigenvalue weighted by Gasteiger charge is 2.25. The molecular formula is C61H65Br2FN10O6. The zero-order valence-corrected chi connectivity index (χ0v) is 48.7. The smallest absolute Gasteiger partial charge is 0.335 e. The molecule has 6 N–H and O–H groups in total. The summed E-state index contributed by atoms with van der Waals surface area (Å²) in [5.41, 5.74) is 22.0. The highest BCUT2D eigenvalue weighted by molar-refractivity contribution is 9.10. The maximum absolute atomic E-state index is 12.6. The van der Waals surface area contributed by atoms with Crippen molar-refractivity contribution in [2.45, 2.75) is 25.7 Å². The third-order valence-electron chi connectivity index (χ3n) is 13.3. The number of benzene rings is 6. The fourth-order valence-electron chi connectivity index (χ4n) is 9.10. The normalized spacial score (nSPS) is 13.4. The van der Waals surface area contributed by atoms with Crippen molar-refractivity contribution in [3.8, 4) is 0 Å². The molecule has 0 unspecified atom stereocenters. The fourth-order valence-corrected chi connectivity index (χ4v) is 10.3. The molecule has 16 nitrogen and oxygen atoms in total. The SMILES string of the molecule is CN(C)CCN.CN(C)CCNC(=O)c1ccc2c(c1)CC(c1ccc(C3=Nc4ccc(C(=O)NCCN(C)C)cc4C3)c(Br)c1)=N2.O=C(O)c1ccc2c(c1)CC(c1ccc(C3=Nc4ccc(C(=O)O)cc4C3)c(Br)c1)=N2.[2H]CF. The van der Waals surface area contributed by atoms with Gasteiger partial charge < -0.3 is 41.3 Å². The van der Waals surface area contributed by atoms with E-state index in [4.69, 9.17) is 17.1 Å². The number of nitrogens with two attached hydrogens (primary N) is 1. The lowest BCUT2D eigenvalue weighted by atomic mass is 9.98. The molecule has 4 aliphatic heterocycles. The molecule has 0 aliphatic carbocycles. The first-order valence-corrected chi connectivity index (χ1v) is 27.3. The number of carboxylic acid groups (broad SMARTS) is 2. The maximum Gasteiger partial charge on any atom is 0.335 e. The van der Waals surface area contributed by atoms with Gasteiger partial charge in [0, 0.05) is 96.2 Å². The van der Waals surface area contributed by atoms with Crippen LogP contribution < -0.4 is 16.4 Å². The third kappa shape index (κ3) is 15.3. The van der Waals surface area contributed by atoms with Gasteiger partial charge in [-0.25, -0.2) is 9.59 Å². The summed E-state index contributed by atoms with van der Waals surface area (Å²) in [7, 11) is 10.9. The monoisotopic (exact) mass is 1210 g/mol. The molecule has 19 heteroatoms. The molecule has 0 spiro atoms. The number of carboxylic acids is 2. The summed E-state index contributed by atoms with van der Waals surface area (Å²) in [6.45, 7) is 4.54. The lowest BCUT2D eigenvalue weighted by Gasteiger charge is -2.11. The van der Waals surface area contributed by atoms with Gasteiger partial charge in [-0.1, -0.05) is 56.1 Å². The highest BCUT2D eigenvalue weighted by Crippen LogP contribution is 2.37. The molecule has 4 heterocycles. The molecule has 0 aromatic heterocycles. The molecule has 0 bridgehead atoms. The van der Waals surface area contributed by atoms with Crippen molar-refractivity contribution < 1.29 is 35.2 Å². The molecule has 6 aromatic rings. The van der Waals surface area contributed by atoms with Crippen molar-refractivity contribution in [1.82, 2.24) is 25.3 Å². The van der Waals surface area contributed by atoms with E-state index in [0.29, 0.717) is 49.9 Å². The maximum atomic E-state index is 12.6. The van der Waals surface area contributed by atoms with Crippen LogP contribution in [0.1, 0.15) is 87.3 Å². The minimum atomic E-state index is -1.00. The Labute approximate surface area is 484 Å². The van der Waals surface area contributed by atoms with Crippen LogP contribution in [0.5, 0.6) is 0 Å². The molecular weight excluding hydrogens is 1150 g/mol. The number of nitrogens with zero attached hydrogens (tertiary/aromatic N) is 7. The number of hydrogen-bond donors (Lipinski definition) is 5. The van der Waals surface area contributed by atoms with E-state index in [1.807, 2.05) is 107 Å². The van der Waals surface area contributed by atoms with Crippen molar-refractivity contribution in [1.29, 1.82) is 0 Å². The second-order valence-electron chi connectivity index (χ2n) is 20.0. The van der Waals surface area contributed by atoms with Crippen molar-refractivity contribution in [3.63, 3.8) is 0 Å². The molecule has 0 atom stereocenters. The largest absolute Gasteiger partial charge is 0.478 e. The van der Waals surface area contributed by atoms with E-state index < -0.39 is 19.1 Å². The van der Waals surface area contributed by atoms with Gasteiger partial charge in [-0.15, -0.1) is 0 Å². The minimum absolute atomic E-state index is 0.0643. The van der Waals surface area contributed by atoms with Crippen LogP contribution in [0.15, 0.2) is 138 Å². The number of nitrogens with one attached hydrogen (secondary N) is 2. The molecule has 2 amide bonds. The van der Waals surface area contributed by atoms with Gasteiger partial charge in [-0.2, -0.15) is 0 Å². The van der Waals surface area contributed by atoms with E-state index >= 15 is 0 Å². The van der Waals surface area contributed by atoms with Gasteiger partial charge in [0.05, 0.1) is 65.2 Å². The van der Waals surface area contributed by atoms with Gasteiger partial charge >= 0.3 is 11.9 Å². The second-order valence-corrected chi connectivity index (χ2v) is 21.7. The van der Waals surface area contributed by atoms with E-state index in [1.165, 1.54) is 0 Å². The van der Waals surface area contributed by atoms with Crippen LogP contribution in [0.2, 0.25) is 0 Å². The Kier molecular flexibility index (Phi) is 20.3. The fraction of sp³-hybridized carbons (Fsp3) is 0.279. The first-order valence-electron chi connectivity index (χ1n) is 26.4. The summed E-state index contributed by atoms with van der Waals surface area (Å²) in [5.74, 6) is -2.03. The number of rotatable bonds is 16. The molecule has 0 saturated carbocycles. The van der Waals surface area contributed by atoms with Gasteiger partial charge in [0.1, 0.15) is 0 Å². The van der Waals surface area contributed by atoms with Gasteiger partial charge in [-0.05, 0) is 161 Å². The molecule has 0 saturated heterocycles. The number of halogens is 3. The first-order chi connectivity index (χ1) is 38.7. The Morgan fingerprint density at radius 2 is 0.825 bits per heavy atom. The van der Waals surface area contributed by atoms with E-state index in [1.54, 1.807) is 36.4 Å². The minimum Gasteiger partial charge on any atom is -0.478 e. The lowest BCUT2D eigenvalue weighted by Crippen LogP contribution is -2.31. The zero-order chi connectivity index (χ0) is 58.5. The zero-order valence-electron chi connectivity index (χ0n) is 46.5. The standard InChI is InChI=1S/C32H35BrN6O2.C24H15BrN2O4.C4H12N2.CH3F/c1-38(2)13-11-34-31(40)21-6-9-27-23(15-21)18-29(36-27)20-5-8-25(26(33)17-20)30-19-24-16-22(7-10-28(24)37-30)32(41)35-12-14-39(3)4;25-18-9-12(21-10-15-7-13(23(28)29)2-5-19(15)26-21)1-4-17(18)22-11-16-8-14(24(30)31)3-6-20(16)27-22;1-6(2)4-3-5;1-2/h5-10,15-17H,11-14,18-19H2,1-4H3,(H,34,40)(H,35,41);1-9H,10-11H2,(H,28,29)(H,30,31);3-5H2,1-2H3;1H3/i;;;1D. The Balaban J connectivity index is 0.000000209. The van der Waals surface area contributed by atoms with Crippen LogP contribution in [0.25, 0.3) is 0 Å². The highest BCUT2D eigenvalue weighted by atomic mass is 79.9. The number of likely N-dealkylation sites (N-methyl/N-ethyl adjacent to an activating group) is 3. The van der Waals surface area contributed by atoms with Crippen molar-refractivity contribution in [2.24, 2.45) is 25.7 Å². The Bertz CT molecular complexity index is 3490. The number of amides is 2. The van der Waals surface area contributed by atoms with Gasteiger partial charge in [0.25, 0.3) is 11.8 Å². The Morgan fingerprint density at radius 3 is 1.12 bits per heavy atom. The van der Waals surface area contributed by atoms with Crippen molar-refractivity contribution in [3.05, 3.63) is 185 Å². The summed E-state index contributed by atoms with van der Waals surface area (Å²) in [4.78, 5) is 72.8. The van der Waals surface area contributed by atoms with Crippen molar-refractivity contribution in [2.75, 3.05) is 88.7 Å². The van der Waals surface area contributed by atoms with Crippen LogP contribution in [-0.2, 0) is 25.7 Å². The Morgan fingerprint density at radius 1 is 0.512 bits per heavy atom. The number of aromatic carboxylic acids is 2. The summed E-state index contributed by atoms with van der Waals surface area (Å²) < 4.78 is 17.3. The number of aliphatic imine (C=N–C) groups is 4. The predicted molar refractivity (Wildman–Crippen MR) is 324 cm³/mol. The predicted octanol–water partition coefficient (Wildman–Crippen LogP) is 9.68. The van der Waals surface area contributed by atoms with E-state index in [-0.39, 0.29) is 22.9 Å². The number of alkyl halides is 1. The number of fused-ring (bicyclic) bond motifs is 4.